The molecule has 1 amide bonds. The number of nitrogens with one attached hydrogen (secondary N) is 1. The van der Waals surface area contributed by atoms with E-state index in [1.54, 1.807) is 36.4 Å². The maximum absolute atomic E-state index is 11.8. The van der Waals surface area contributed by atoms with Gasteiger partial charge in [-0.25, -0.2) is 5.43 Å². The van der Waals surface area contributed by atoms with Crippen LogP contribution in [-0.4, -0.2) is 25.3 Å². The molecule has 2 aromatic rings. The van der Waals surface area contributed by atoms with Crippen LogP contribution in [0.5, 0.6) is 11.5 Å². The molecular formula is C18H14BrClN2O3. The van der Waals surface area contributed by atoms with Crippen LogP contribution >= 0.6 is 27.5 Å². The largest absolute Gasteiger partial charge is 0.484 e. The Labute approximate surface area is 159 Å². The summed E-state index contributed by atoms with van der Waals surface area (Å²) in [5, 5.41) is 4.43. The lowest BCUT2D eigenvalue weighted by molar-refractivity contribution is -0.123. The van der Waals surface area contributed by atoms with E-state index in [0.29, 0.717) is 22.1 Å². The zero-order chi connectivity index (χ0) is 18.1. The molecule has 2 aromatic carbocycles. The minimum atomic E-state index is -0.405. The first-order valence-electron chi connectivity index (χ1n) is 7.14. The summed E-state index contributed by atoms with van der Waals surface area (Å²) in [6.45, 7) is -0.0427. The Morgan fingerprint density at radius 2 is 2.16 bits per heavy atom. The molecule has 0 bridgehead atoms. The van der Waals surface area contributed by atoms with Gasteiger partial charge in [0.05, 0.1) is 6.21 Å². The molecule has 0 aliphatic carbocycles. The second kappa shape index (κ2) is 9.72. The van der Waals surface area contributed by atoms with Crippen molar-refractivity contribution < 1.29 is 14.3 Å². The van der Waals surface area contributed by atoms with Crippen molar-refractivity contribution in [2.75, 3.05) is 13.2 Å². The summed E-state index contributed by atoms with van der Waals surface area (Å²) in [5.74, 6) is 3.06. The van der Waals surface area contributed by atoms with Crippen LogP contribution in [0, 0.1) is 12.3 Å². The monoisotopic (exact) mass is 420 g/mol. The van der Waals surface area contributed by atoms with E-state index >= 15 is 0 Å². The van der Waals surface area contributed by atoms with E-state index in [4.69, 9.17) is 27.5 Å². The van der Waals surface area contributed by atoms with E-state index in [1.807, 2.05) is 6.07 Å². The van der Waals surface area contributed by atoms with E-state index in [9.17, 15) is 4.79 Å². The predicted octanol–water partition coefficient (Wildman–Crippen LogP) is 3.64. The Bertz CT molecular complexity index is 818. The molecule has 7 heteroatoms. The molecule has 0 atom stereocenters. The summed E-state index contributed by atoms with van der Waals surface area (Å²) in [7, 11) is 0. The molecule has 0 radical (unpaired) electrons. The van der Waals surface area contributed by atoms with Crippen LogP contribution in [0.3, 0.4) is 0 Å². The van der Waals surface area contributed by atoms with Crippen molar-refractivity contribution in [2.24, 2.45) is 5.10 Å². The molecule has 0 aromatic heterocycles. The van der Waals surface area contributed by atoms with Gasteiger partial charge >= 0.3 is 0 Å². The number of hydrogen-bond acceptors (Lipinski definition) is 4. The second-order valence-corrected chi connectivity index (χ2v) is 6.07. The molecule has 0 saturated carbocycles. The van der Waals surface area contributed by atoms with E-state index in [1.165, 1.54) is 6.21 Å². The van der Waals surface area contributed by atoms with Gasteiger partial charge in [0.2, 0.25) is 0 Å². The van der Waals surface area contributed by atoms with Crippen LogP contribution in [0.15, 0.2) is 52.0 Å². The molecule has 2 rings (SSSR count). The SMILES string of the molecule is C#CCOc1ccc(Br)cc1/C=N\NC(=O)COc1cccc(Cl)c1. The summed E-state index contributed by atoms with van der Waals surface area (Å²) in [6.07, 6.45) is 6.66. The van der Waals surface area contributed by atoms with Gasteiger partial charge in [0.1, 0.15) is 18.1 Å². The van der Waals surface area contributed by atoms with Gasteiger partial charge in [0, 0.05) is 15.1 Å². The zero-order valence-corrected chi connectivity index (χ0v) is 15.4. The number of nitrogens with zero attached hydrogens (tertiary/aromatic N) is 1. The third-order valence-corrected chi connectivity index (χ3v) is 3.57. The van der Waals surface area contributed by atoms with E-state index in [2.05, 4.69) is 32.4 Å². The van der Waals surface area contributed by atoms with E-state index < -0.39 is 5.91 Å². The van der Waals surface area contributed by atoms with Gasteiger partial charge in [-0.15, -0.1) is 6.42 Å². The summed E-state index contributed by atoms with van der Waals surface area (Å²) >= 11 is 9.21. The van der Waals surface area contributed by atoms with Crippen LogP contribution in [0.4, 0.5) is 0 Å². The van der Waals surface area contributed by atoms with Crippen molar-refractivity contribution in [3.63, 3.8) is 0 Å². The first-order chi connectivity index (χ1) is 12.1. The summed E-state index contributed by atoms with van der Waals surface area (Å²) in [5.41, 5.74) is 3.05. The Balaban J connectivity index is 1.90. The number of hydrogen-bond donors (Lipinski definition) is 1. The van der Waals surface area contributed by atoms with Crippen molar-refractivity contribution in [2.45, 2.75) is 0 Å². The Morgan fingerprint density at radius 1 is 1.32 bits per heavy atom. The van der Waals surface area contributed by atoms with Crippen molar-refractivity contribution in [1.82, 2.24) is 5.43 Å². The topological polar surface area (TPSA) is 59.9 Å². The van der Waals surface area contributed by atoms with Crippen LogP contribution in [-0.2, 0) is 4.79 Å². The minimum absolute atomic E-state index is 0.141. The highest BCUT2D eigenvalue weighted by Gasteiger charge is 2.04. The molecule has 0 spiro atoms. The van der Waals surface area contributed by atoms with Gasteiger partial charge in [-0.1, -0.05) is 39.5 Å². The van der Waals surface area contributed by atoms with Gasteiger partial charge in [-0.3, -0.25) is 4.79 Å². The Morgan fingerprint density at radius 3 is 2.92 bits per heavy atom. The summed E-state index contributed by atoms with van der Waals surface area (Å²) in [4.78, 5) is 11.8. The number of terminal acetylenes is 1. The third kappa shape index (κ3) is 6.49. The van der Waals surface area contributed by atoms with Gasteiger partial charge in [-0.05, 0) is 36.4 Å². The predicted molar refractivity (Wildman–Crippen MR) is 101 cm³/mol. The van der Waals surface area contributed by atoms with Crippen LogP contribution in [0.2, 0.25) is 5.02 Å². The lowest BCUT2D eigenvalue weighted by atomic mass is 10.2. The van der Waals surface area contributed by atoms with Gasteiger partial charge < -0.3 is 9.47 Å². The fourth-order valence-corrected chi connectivity index (χ4v) is 2.34. The van der Waals surface area contributed by atoms with Crippen molar-refractivity contribution in [3.05, 3.63) is 57.5 Å². The van der Waals surface area contributed by atoms with E-state index in [0.717, 1.165) is 4.47 Å². The summed E-state index contributed by atoms with van der Waals surface area (Å²) < 4.78 is 11.6. The van der Waals surface area contributed by atoms with Crippen LogP contribution in [0.25, 0.3) is 0 Å². The molecule has 0 heterocycles. The number of carbonyl (C=O) groups excluding carboxylic acids is 1. The molecule has 0 unspecified atom stereocenters. The average Bonchev–Trinajstić information content (AvgIpc) is 2.59. The van der Waals surface area contributed by atoms with Gasteiger partial charge in [0.15, 0.2) is 6.61 Å². The van der Waals surface area contributed by atoms with E-state index in [-0.39, 0.29) is 13.2 Å². The average molecular weight is 422 g/mol. The van der Waals surface area contributed by atoms with Crippen molar-refractivity contribution >= 4 is 39.7 Å². The maximum Gasteiger partial charge on any atom is 0.277 e. The molecule has 0 aliphatic heterocycles. The normalized spacial score (nSPS) is 10.3. The lowest BCUT2D eigenvalue weighted by Crippen LogP contribution is -2.24. The number of hydrazone groups is 1. The second-order valence-electron chi connectivity index (χ2n) is 4.71. The number of benzene rings is 2. The summed E-state index contributed by atoms with van der Waals surface area (Å²) in [6, 6.07) is 12.2. The lowest BCUT2D eigenvalue weighted by Gasteiger charge is -2.07. The number of rotatable bonds is 7. The molecule has 0 saturated heterocycles. The maximum atomic E-state index is 11.8. The van der Waals surface area contributed by atoms with Crippen LogP contribution in [0.1, 0.15) is 5.56 Å². The zero-order valence-electron chi connectivity index (χ0n) is 13.0. The first kappa shape index (κ1) is 18.8. The Hall–Kier alpha value is -2.49. The quantitative estimate of drug-likeness (QED) is 0.422. The standard InChI is InChI=1S/C18H14BrClN2O3/c1-2-8-24-17-7-6-14(19)9-13(17)11-21-22-18(23)12-25-16-5-3-4-15(20)10-16/h1,3-7,9-11H,8,12H2,(H,22,23)/b21-11-. The molecule has 25 heavy (non-hydrogen) atoms. The molecular weight excluding hydrogens is 408 g/mol. The number of halogens is 2. The minimum Gasteiger partial charge on any atom is -0.484 e. The van der Waals surface area contributed by atoms with Crippen molar-refractivity contribution in [1.29, 1.82) is 0 Å². The molecule has 128 valence electrons. The Kier molecular flexibility index (Phi) is 7.33. The molecule has 0 fully saturated rings. The fourth-order valence-electron chi connectivity index (χ4n) is 1.78. The van der Waals surface area contributed by atoms with Gasteiger partial charge in [0.25, 0.3) is 5.91 Å². The first-order valence-corrected chi connectivity index (χ1v) is 8.31. The number of ether oxygens (including phenoxy) is 2. The molecule has 1 N–H and O–H groups in total. The molecule has 0 aliphatic rings. The fraction of sp³-hybridized carbons (Fsp3) is 0.111. The third-order valence-electron chi connectivity index (χ3n) is 2.84. The highest BCUT2D eigenvalue weighted by atomic mass is 79.9. The highest BCUT2D eigenvalue weighted by molar-refractivity contribution is 9.10. The van der Waals surface area contributed by atoms with Crippen molar-refractivity contribution in [3.8, 4) is 23.8 Å². The molecule has 5 nitrogen and oxygen atoms in total. The smallest absolute Gasteiger partial charge is 0.277 e. The van der Waals surface area contributed by atoms with Crippen LogP contribution < -0.4 is 14.9 Å². The van der Waals surface area contributed by atoms with Gasteiger partial charge in [-0.2, -0.15) is 5.10 Å². The number of carbonyl (C=O) groups is 1. The number of amides is 1. The highest BCUT2D eigenvalue weighted by Crippen LogP contribution is 2.21.